The van der Waals surface area contributed by atoms with E-state index in [1.54, 1.807) is 23.9 Å². The Morgan fingerprint density at radius 3 is 2.79 bits per heavy atom. The van der Waals surface area contributed by atoms with E-state index < -0.39 is 0 Å². The third kappa shape index (κ3) is 3.25. The molecule has 1 aromatic carbocycles. The number of rotatable bonds is 3. The predicted molar refractivity (Wildman–Crippen MR) is 61.7 cm³/mol. The fraction of sp³-hybridized carbons (Fsp3) is 0.364. The molecule has 74 valence electrons. The van der Waals surface area contributed by atoms with Gasteiger partial charge in [-0.1, -0.05) is 25.4 Å². The fourth-order valence-electron chi connectivity index (χ4n) is 0.964. The van der Waals surface area contributed by atoms with Crippen molar-refractivity contribution in [3.05, 3.63) is 28.8 Å². The van der Waals surface area contributed by atoms with Crippen LogP contribution in [0.2, 0.25) is 5.02 Å². The van der Waals surface area contributed by atoms with Crippen LogP contribution in [0.15, 0.2) is 23.1 Å². The SMILES string of the molecule is CC(C)CSc1cc(Cl)ccc1C#N. The normalized spacial score (nSPS) is 10.2. The first-order valence-corrected chi connectivity index (χ1v) is 5.82. The highest BCUT2D eigenvalue weighted by molar-refractivity contribution is 7.99. The maximum atomic E-state index is 8.87. The number of thioether (sulfide) groups is 1. The number of hydrogen-bond donors (Lipinski definition) is 0. The predicted octanol–water partition coefficient (Wildman–Crippen LogP) is 3.96. The van der Waals surface area contributed by atoms with Crippen LogP contribution >= 0.6 is 23.4 Å². The Morgan fingerprint density at radius 2 is 2.21 bits per heavy atom. The summed E-state index contributed by atoms with van der Waals surface area (Å²) in [5.41, 5.74) is 0.708. The van der Waals surface area contributed by atoms with Gasteiger partial charge in [-0.15, -0.1) is 11.8 Å². The van der Waals surface area contributed by atoms with Gasteiger partial charge in [0.1, 0.15) is 6.07 Å². The van der Waals surface area contributed by atoms with Gasteiger partial charge in [0, 0.05) is 15.7 Å². The molecule has 0 atom stereocenters. The van der Waals surface area contributed by atoms with E-state index in [9.17, 15) is 0 Å². The van der Waals surface area contributed by atoms with Gasteiger partial charge in [-0.05, 0) is 24.1 Å². The highest BCUT2D eigenvalue weighted by Gasteiger charge is 2.04. The minimum absolute atomic E-state index is 0.616. The van der Waals surface area contributed by atoms with Crippen LogP contribution < -0.4 is 0 Å². The molecule has 0 aromatic heterocycles. The van der Waals surface area contributed by atoms with E-state index in [2.05, 4.69) is 19.9 Å². The number of nitrogens with zero attached hydrogens (tertiary/aromatic N) is 1. The second kappa shape index (κ2) is 5.29. The number of nitriles is 1. The van der Waals surface area contributed by atoms with Crippen molar-refractivity contribution in [1.29, 1.82) is 5.26 Å². The van der Waals surface area contributed by atoms with Gasteiger partial charge < -0.3 is 0 Å². The van der Waals surface area contributed by atoms with Crippen molar-refractivity contribution in [3.63, 3.8) is 0 Å². The van der Waals surface area contributed by atoms with Gasteiger partial charge in [0.25, 0.3) is 0 Å². The Kier molecular flexibility index (Phi) is 4.31. The minimum atomic E-state index is 0.616. The lowest BCUT2D eigenvalue weighted by Gasteiger charge is -2.06. The monoisotopic (exact) mass is 225 g/mol. The van der Waals surface area contributed by atoms with Crippen LogP contribution in [0.25, 0.3) is 0 Å². The molecule has 0 fully saturated rings. The van der Waals surface area contributed by atoms with Crippen LogP contribution in [0.5, 0.6) is 0 Å². The summed E-state index contributed by atoms with van der Waals surface area (Å²) < 4.78 is 0. The molecule has 0 amide bonds. The highest BCUT2D eigenvalue weighted by atomic mass is 35.5. The van der Waals surface area contributed by atoms with Crippen molar-refractivity contribution in [2.75, 3.05) is 5.75 Å². The quantitative estimate of drug-likeness (QED) is 0.728. The topological polar surface area (TPSA) is 23.8 Å². The van der Waals surface area contributed by atoms with E-state index in [1.807, 2.05) is 6.07 Å². The molecule has 0 saturated carbocycles. The van der Waals surface area contributed by atoms with E-state index >= 15 is 0 Å². The molecule has 1 nitrogen and oxygen atoms in total. The van der Waals surface area contributed by atoms with Gasteiger partial charge in [-0.2, -0.15) is 5.26 Å². The molecule has 3 heteroatoms. The lowest BCUT2D eigenvalue weighted by atomic mass is 10.2. The molecule has 0 aliphatic rings. The van der Waals surface area contributed by atoms with E-state index in [-0.39, 0.29) is 0 Å². The third-order valence-corrected chi connectivity index (χ3v) is 3.35. The molecule has 0 spiro atoms. The zero-order valence-electron chi connectivity index (χ0n) is 8.25. The second-order valence-corrected chi connectivity index (χ2v) is 4.96. The summed E-state index contributed by atoms with van der Waals surface area (Å²) in [5, 5.41) is 9.56. The lowest BCUT2D eigenvalue weighted by molar-refractivity contribution is 0.750. The van der Waals surface area contributed by atoms with E-state index in [1.165, 1.54) is 0 Å². The Bertz CT molecular complexity index is 355. The summed E-state index contributed by atoms with van der Waals surface area (Å²) in [6, 6.07) is 7.54. The first-order chi connectivity index (χ1) is 6.63. The lowest BCUT2D eigenvalue weighted by Crippen LogP contribution is -1.91. The van der Waals surface area contributed by atoms with E-state index in [0.717, 1.165) is 10.6 Å². The largest absolute Gasteiger partial charge is 0.192 e. The Labute approximate surface area is 94.1 Å². The molecule has 0 N–H and O–H groups in total. The van der Waals surface area contributed by atoms with E-state index in [4.69, 9.17) is 16.9 Å². The summed E-state index contributed by atoms with van der Waals surface area (Å²) in [6.07, 6.45) is 0. The maximum Gasteiger partial charge on any atom is 0.100 e. The number of benzene rings is 1. The Morgan fingerprint density at radius 1 is 1.50 bits per heavy atom. The molecule has 0 saturated heterocycles. The van der Waals surface area contributed by atoms with Crippen molar-refractivity contribution in [2.45, 2.75) is 18.7 Å². The summed E-state index contributed by atoms with van der Waals surface area (Å²) in [4.78, 5) is 0.980. The second-order valence-electron chi connectivity index (χ2n) is 3.46. The van der Waals surface area contributed by atoms with Gasteiger partial charge in [0.05, 0.1) is 5.56 Å². The molecular weight excluding hydrogens is 214 g/mol. The molecule has 0 aliphatic carbocycles. The number of hydrogen-bond acceptors (Lipinski definition) is 2. The smallest absolute Gasteiger partial charge is 0.100 e. The van der Waals surface area contributed by atoms with E-state index in [0.29, 0.717) is 16.5 Å². The first-order valence-electron chi connectivity index (χ1n) is 4.46. The average molecular weight is 226 g/mol. The number of halogens is 1. The molecule has 0 unspecified atom stereocenters. The van der Waals surface area contributed by atoms with Crippen molar-refractivity contribution in [1.82, 2.24) is 0 Å². The van der Waals surface area contributed by atoms with Crippen molar-refractivity contribution < 1.29 is 0 Å². The van der Waals surface area contributed by atoms with Gasteiger partial charge in [0.15, 0.2) is 0 Å². The minimum Gasteiger partial charge on any atom is -0.192 e. The Balaban J connectivity index is 2.84. The first kappa shape index (κ1) is 11.4. The van der Waals surface area contributed by atoms with Gasteiger partial charge in [0.2, 0.25) is 0 Å². The molecule has 0 aliphatic heterocycles. The van der Waals surface area contributed by atoms with Crippen LogP contribution in [0.4, 0.5) is 0 Å². The molecule has 1 rings (SSSR count). The fourth-order valence-corrected chi connectivity index (χ4v) is 2.19. The Hall–Kier alpha value is -0.650. The summed E-state index contributed by atoms with van der Waals surface area (Å²) >= 11 is 7.55. The maximum absolute atomic E-state index is 8.87. The average Bonchev–Trinajstić information content (AvgIpc) is 2.15. The third-order valence-electron chi connectivity index (χ3n) is 1.64. The summed E-state index contributed by atoms with van der Waals surface area (Å²) in [5.74, 6) is 1.63. The van der Waals surface area contributed by atoms with Crippen LogP contribution in [0.1, 0.15) is 19.4 Å². The zero-order valence-corrected chi connectivity index (χ0v) is 9.82. The van der Waals surface area contributed by atoms with Crippen LogP contribution in [-0.2, 0) is 0 Å². The molecule has 0 bridgehead atoms. The summed E-state index contributed by atoms with van der Waals surface area (Å²) in [7, 11) is 0. The van der Waals surface area contributed by atoms with Gasteiger partial charge in [-0.3, -0.25) is 0 Å². The van der Waals surface area contributed by atoms with Crippen molar-refractivity contribution in [3.8, 4) is 6.07 Å². The molecule has 1 aromatic rings. The van der Waals surface area contributed by atoms with Crippen molar-refractivity contribution >= 4 is 23.4 Å². The van der Waals surface area contributed by atoms with Gasteiger partial charge >= 0.3 is 0 Å². The van der Waals surface area contributed by atoms with Crippen LogP contribution in [0, 0.1) is 17.2 Å². The molecular formula is C11H12ClNS. The van der Waals surface area contributed by atoms with Gasteiger partial charge in [-0.25, -0.2) is 0 Å². The molecule has 0 radical (unpaired) electrons. The van der Waals surface area contributed by atoms with Crippen LogP contribution in [-0.4, -0.2) is 5.75 Å². The molecule has 0 heterocycles. The summed E-state index contributed by atoms with van der Waals surface area (Å²) in [6.45, 7) is 4.31. The standard InChI is InChI=1S/C11H12ClNS/c1-8(2)7-14-11-5-10(12)4-3-9(11)6-13/h3-5,8H,7H2,1-2H3. The zero-order chi connectivity index (χ0) is 10.6. The molecule has 14 heavy (non-hydrogen) atoms. The van der Waals surface area contributed by atoms with Crippen molar-refractivity contribution in [2.24, 2.45) is 5.92 Å². The van der Waals surface area contributed by atoms with Crippen LogP contribution in [0.3, 0.4) is 0 Å². The highest BCUT2D eigenvalue weighted by Crippen LogP contribution is 2.27.